The molecule has 0 fully saturated rings. The van der Waals surface area contributed by atoms with Crippen LogP contribution in [0.4, 0.5) is 5.69 Å². The minimum atomic E-state index is -1.09. The van der Waals surface area contributed by atoms with E-state index in [0.717, 1.165) is 10.8 Å². The highest BCUT2D eigenvalue weighted by molar-refractivity contribution is 6.10. The molecular weight excluding hydrogens is 472 g/mol. The molecule has 8 heteroatoms. The van der Waals surface area contributed by atoms with Crippen molar-refractivity contribution in [3.63, 3.8) is 0 Å². The molecule has 182 valence electrons. The van der Waals surface area contributed by atoms with Crippen LogP contribution in [-0.4, -0.2) is 30.1 Å². The van der Waals surface area contributed by atoms with Crippen LogP contribution in [-0.2, 0) is 4.79 Å². The Morgan fingerprint density at radius 2 is 1.65 bits per heavy atom. The van der Waals surface area contributed by atoms with Crippen molar-refractivity contribution < 1.29 is 29.0 Å². The minimum absolute atomic E-state index is 0.0717. The van der Waals surface area contributed by atoms with E-state index in [9.17, 15) is 19.6 Å². The maximum atomic E-state index is 12.9. The molecule has 0 saturated carbocycles. The first-order chi connectivity index (χ1) is 17.9. The van der Waals surface area contributed by atoms with Crippen LogP contribution in [0.1, 0.15) is 26.3 Å². The summed E-state index contributed by atoms with van der Waals surface area (Å²) >= 11 is 0. The molecule has 0 radical (unpaired) electrons. The highest BCUT2D eigenvalue weighted by atomic mass is 16.6. The van der Waals surface area contributed by atoms with E-state index in [1.807, 2.05) is 36.4 Å². The third-order valence-corrected chi connectivity index (χ3v) is 5.47. The minimum Gasteiger partial charge on any atom is -0.493 e. The summed E-state index contributed by atoms with van der Waals surface area (Å²) in [7, 11) is 1.41. The molecule has 0 spiro atoms. The van der Waals surface area contributed by atoms with Crippen LogP contribution in [0.5, 0.6) is 11.5 Å². The average Bonchev–Trinajstić information content (AvgIpc) is 2.92. The van der Waals surface area contributed by atoms with Gasteiger partial charge in [0, 0.05) is 5.69 Å². The SMILES string of the molecule is COc1cc(/C=C(\C#N)C(=O)Nc2ccc(C(=O)O)cc2)ccc1OC(=O)c1cccc2ccccc12. The van der Waals surface area contributed by atoms with Crippen molar-refractivity contribution in [2.24, 2.45) is 0 Å². The average molecular weight is 492 g/mol. The summed E-state index contributed by atoms with van der Waals surface area (Å²) in [6, 6.07) is 24.9. The lowest BCUT2D eigenvalue weighted by atomic mass is 10.0. The molecular formula is C29H20N2O6. The molecule has 0 heterocycles. The second-order valence-corrected chi connectivity index (χ2v) is 7.83. The number of carbonyl (C=O) groups excluding carboxylic acids is 2. The second kappa shape index (κ2) is 10.9. The Morgan fingerprint density at radius 1 is 0.919 bits per heavy atom. The maximum absolute atomic E-state index is 12.9. The number of carbonyl (C=O) groups is 3. The van der Waals surface area contributed by atoms with Gasteiger partial charge in [-0.15, -0.1) is 0 Å². The van der Waals surface area contributed by atoms with Crippen LogP contribution in [0.3, 0.4) is 0 Å². The number of rotatable bonds is 7. The summed E-state index contributed by atoms with van der Waals surface area (Å²) in [5, 5.41) is 22.7. The van der Waals surface area contributed by atoms with Gasteiger partial charge in [-0.1, -0.05) is 42.5 Å². The Bertz CT molecular complexity index is 1580. The smallest absolute Gasteiger partial charge is 0.344 e. The molecule has 0 saturated heterocycles. The number of hydrogen-bond acceptors (Lipinski definition) is 6. The number of anilines is 1. The van der Waals surface area contributed by atoms with Crippen molar-refractivity contribution in [1.29, 1.82) is 5.26 Å². The van der Waals surface area contributed by atoms with Crippen molar-refractivity contribution in [3.8, 4) is 17.6 Å². The van der Waals surface area contributed by atoms with E-state index in [-0.39, 0.29) is 22.6 Å². The van der Waals surface area contributed by atoms with E-state index in [1.165, 1.54) is 49.6 Å². The summed E-state index contributed by atoms with van der Waals surface area (Å²) in [6.45, 7) is 0. The molecule has 8 nitrogen and oxygen atoms in total. The highest BCUT2D eigenvalue weighted by Crippen LogP contribution is 2.30. The zero-order valence-electron chi connectivity index (χ0n) is 19.6. The third-order valence-electron chi connectivity index (χ3n) is 5.47. The third kappa shape index (κ3) is 5.63. The molecule has 4 aromatic carbocycles. The predicted octanol–water partition coefficient (Wildman–Crippen LogP) is 5.31. The number of benzene rings is 4. The summed E-state index contributed by atoms with van der Waals surface area (Å²) in [4.78, 5) is 36.5. The molecule has 0 aliphatic heterocycles. The fourth-order valence-corrected chi connectivity index (χ4v) is 3.63. The predicted molar refractivity (Wildman–Crippen MR) is 138 cm³/mol. The Morgan fingerprint density at radius 3 is 2.35 bits per heavy atom. The number of carboxylic acid groups (broad SMARTS) is 1. The van der Waals surface area contributed by atoms with Crippen molar-refractivity contribution in [1.82, 2.24) is 0 Å². The molecule has 0 aliphatic carbocycles. The largest absolute Gasteiger partial charge is 0.493 e. The van der Waals surface area contributed by atoms with Crippen molar-refractivity contribution in [3.05, 3.63) is 107 Å². The number of esters is 1. The Hall–Kier alpha value is -5.42. The number of nitrogens with one attached hydrogen (secondary N) is 1. The molecule has 0 atom stereocenters. The molecule has 37 heavy (non-hydrogen) atoms. The number of carboxylic acids is 1. The molecule has 4 rings (SSSR count). The van der Waals surface area contributed by atoms with Crippen LogP contribution in [0, 0.1) is 11.3 Å². The van der Waals surface area contributed by atoms with Crippen molar-refractivity contribution in [2.45, 2.75) is 0 Å². The summed E-state index contributed by atoms with van der Waals surface area (Å²) in [5.74, 6) is -1.89. The Kier molecular flexibility index (Phi) is 7.27. The lowest BCUT2D eigenvalue weighted by Gasteiger charge is -2.11. The number of ether oxygens (including phenoxy) is 2. The Labute approximate surface area is 212 Å². The molecule has 0 bridgehead atoms. The van der Waals surface area contributed by atoms with E-state index in [4.69, 9.17) is 14.6 Å². The highest BCUT2D eigenvalue weighted by Gasteiger charge is 2.16. The molecule has 2 N–H and O–H groups in total. The number of amides is 1. The molecule has 4 aromatic rings. The van der Waals surface area contributed by atoms with E-state index in [0.29, 0.717) is 16.8 Å². The van der Waals surface area contributed by atoms with Gasteiger partial charge < -0.3 is 19.9 Å². The molecule has 0 unspecified atom stereocenters. The van der Waals surface area contributed by atoms with Crippen molar-refractivity contribution in [2.75, 3.05) is 12.4 Å². The first kappa shape index (κ1) is 24.7. The van der Waals surface area contributed by atoms with Gasteiger partial charge in [-0.3, -0.25) is 4.79 Å². The monoisotopic (exact) mass is 492 g/mol. The normalized spacial score (nSPS) is 10.9. The number of nitrogens with zero attached hydrogens (tertiary/aromatic N) is 1. The van der Waals surface area contributed by atoms with E-state index < -0.39 is 17.8 Å². The summed E-state index contributed by atoms with van der Waals surface area (Å²) in [5.41, 5.74) is 1.09. The molecule has 0 aliphatic rings. The van der Waals surface area contributed by atoms with Gasteiger partial charge in [-0.2, -0.15) is 5.26 Å². The van der Waals surface area contributed by atoms with Gasteiger partial charge in [0.1, 0.15) is 11.6 Å². The zero-order chi connectivity index (χ0) is 26.4. The van der Waals surface area contributed by atoms with Gasteiger partial charge >= 0.3 is 11.9 Å². The quantitative estimate of drug-likeness (QED) is 0.155. The van der Waals surface area contributed by atoms with Crippen LogP contribution >= 0.6 is 0 Å². The second-order valence-electron chi connectivity index (χ2n) is 7.83. The first-order valence-electron chi connectivity index (χ1n) is 11.0. The topological polar surface area (TPSA) is 126 Å². The lowest BCUT2D eigenvalue weighted by Crippen LogP contribution is -2.13. The summed E-state index contributed by atoms with van der Waals surface area (Å²) < 4.78 is 11.0. The zero-order valence-corrected chi connectivity index (χ0v) is 19.6. The number of hydrogen-bond donors (Lipinski definition) is 2. The van der Waals surface area contributed by atoms with Crippen LogP contribution in [0.2, 0.25) is 0 Å². The van der Waals surface area contributed by atoms with Gasteiger partial charge in [0.05, 0.1) is 18.2 Å². The first-order valence-corrected chi connectivity index (χ1v) is 11.0. The van der Waals surface area contributed by atoms with Crippen molar-refractivity contribution >= 4 is 40.4 Å². The fourth-order valence-electron chi connectivity index (χ4n) is 3.63. The Balaban J connectivity index is 1.53. The fraction of sp³-hybridized carbons (Fsp3) is 0.0345. The lowest BCUT2D eigenvalue weighted by molar-refractivity contribution is -0.112. The van der Waals surface area contributed by atoms with E-state index in [1.54, 1.807) is 18.2 Å². The summed E-state index contributed by atoms with van der Waals surface area (Å²) in [6.07, 6.45) is 1.36. The molecule has 1 amide bonds. The molecule has 0 aromatic heterocycles. The van der Waals surface area contributed by atoms with Gasteiger partial charge in [-0.25, -0.2) is 9.59 Å². The standard InChI is InChI=1S/C29H20N2O6/c1-36-26-16-18(15-21(17-30)27(32)31-22-12-10-20(11-13-22)28(33)34)9-14-25(26)37-29(35)24-8-4-6-19-5-2-3-7-23(19)24/h2-16H,1H3,(H,31,32)(H,33,34)/b21-15+. The van der Waals surface area contributed by atoms with Crippen LogP contribution in [0.15, 0.2) is 90.5 Å². The number of methoxy groups -OCH3 is 1. The van der Waals surface area contributed by atoms with Crippen LogP contribution in [0.25, 0.3) is 16.8 Å². The number of nitriles is 1. The van der Waals surface area contributed by atoms with E-state index >= 15 is 0 Å². The number of fused-ring (bicyclic) bond motifs is 1. The van der Waals surface area contributed by atoms with Gasteiger partial charge in [-0.05, 0) is 64.9 Å². The van der Waals surface area contributed by atoms with E-state index in [2.05, 4.69) is 5.32 Å². The number of aromatic carboxylic acids is 1. The van der Waals surface area contributed by atoms with Gasteiger partial charge in [0.15, 0.2) is 11.5 Å². The van der Waals surface area contributed by atoms with Gasteiger partial charge in [0.25, 0.3) is 5.91 Å². The van der Waals surface area contributed by atoms with Crippen LogP contribution < -0.4 is 14.8 Å². The maximum Gasteiger partial charge on any atom is 0.344 e. The van der Waals surface area contributed by atoms with Gasteiger partial charge in [0.2, 0.25) is 0 Å².